The third kappa shape index (κ3) is 4.89. The summed E-state index contributed by atoms with van der Waals surface area (Å²) in [4.78, 5) is 12.3. The summed E-state index contributed by atoms with van der Waals surface area (Å²) < 4.78 is 49.2. The van der Waals surface area contributed by atoms with Crippen molar-refractivity contribution in [1.29, 1.82) is 5.26 Å². The highest BCUT2D eigenvalue weighted by Gasteiger charge is 2.30. The van der Waals surface area contributed by atoms with E-state index in [0.717, 1.165) is 12.1 Å². The number of amides is 1. The van der Waals surface area contributed by atoms with Gasteiger partial charge >= 0.3 is 6.18 Å². The van der Waals surface area contributed by atoms with Crippen molar-refractivity contribution in [2.24, 2.45) is 0 Å². The van der Waals surface area contributed by atoms with Gasteiger partial charge in [0.25, 0.3) is 5.91 Å². The molecule has 0 bridgehead atoms. The van der Waals surface area contributed by atoms with Crippen molar-refractivity contribution in [3.05, 3.63) is 77.6 Å². The summed E-state index contributed by atoms with van der Waals surface area (Å²) in [6, 6.07) is 15.9. The molecule has 152 valence electrons. The molecule has 0 atom stereocenters. The Morgan fingerprint density at radius 3 is 2.50 bits per heavy atom. The number of nitrogens with one attached hydrogen (secondary N) is 1. The molecule has 1 heterocycles. The minimum absolute atomic E-state index is 0.156. The number of methoxy groups -OCH3 is 1. The SMILES string of the molecule is COc1ccc(NC(=O)/C(C#N)=C/c2ccc(-c3cccc(C(F)(F)F)c3)o2)cc1. The normalized spacial score (nSPS) is 11.6. The molecule has 0 aliphatic rings. The van der Waals surface area contributed by atoms with Crippen LogP contribution in [-0.4, -0.2) is 13.0 Å². The largest absolute Gasteiger partial charge is 0.497 e. The first-order chi connectivity index (χ1) is 14.3. The first-order valence-electron chi connectivity index (χ1n) is 8.65. The molecule has 30 heavy (non-hydrogen) atoms. The second-order valence-electron chi connectivity index (χ2n) is 6.13. The van der Waals surface area contributed by atoms with Crippen LogP contribution in [0.15, 0.2) is 70.7 Å². The third-order valence-electron chi connectivity index (χ3n) is 4.10. The highest BCUT2D eigenvalue weighted by molar-refractivity contribution is 6.09. The Morgan fingerprint density at radius 1 is 1.13 bits per heavy atom. The van der Waals surface area contributed by atoms with E-state index >= 15 is 0 Å². The molecule has 3 aromatic rings. The van der Waals surface area contributed by atoms with Gasteiger partial charge in [0.1, 0.15) is 28.9 Å². The Labute approximate surface area is 170 Å². The molecule has 0 aliphatic heterocycles. The minimum atomic E-state index is -4.47. The number of anilines is 1. The van der Waals surface area contributed by atoms with Crippen molar-refractivity contribution in [2.75, 3.05) is 12.4 Å². The van der Waals surface area contributed by atoms with Crippen LogP contribution in [-0.2, 0) is 11.0 Å². The summed E-state index contributed by atoms with van der Waals surface area (Å²) >= 11 is 0. The molecule has 5 nitrogen and oxygen atoms in total. The van der Waals surface area contributed by atoms with E-state index in [1.54, 1.807) is 30.3 Å². The number of furan rings is 1. The number of rotatable bonds is 5. The number of ether oxygens (including phenoxy) is 1. The molecule has 0 spiro atoms. The van der Waals surface area contributed by atoms with Gasteiger partial charge in [0, 0.05) is 17.3 Å². The Kier molecular flexibility index (Phi) is 5.93. The lowest BCUT2D eigenvalue weighted by atomic mass is 10.1. The molecule has 8 heteroatoms. The lowest BCUT2D eigenvalue weighted by molar-refractivity contribution is -0.137. The minimum Gasteiger partial charge on any atom is -0.497 e. The van der Waals surface area contributed by atoms with Gasteiger partial charge in [-0.15, -0.1) is 0 Å². The fourth-order valence-electron chi connectivity index (χ4n) is 2.60. The zero-order chi connectivity index (χ0) is 21.7. The van der Waals surface area contributed by atoms with Crippen molar-refractivity contribution in [2.45, 2.75) is 6.18 Å². The maximum Gasteiger partial charge on any atom is 0.416 e. The van der Waals surface area contributed by atoms with E-state index in [1.807, 2.05) is 0 Å². The quantitative estimate of drug-likeness (QED) is 0.442. The van der Waals surface area contributed by atoms with Crippen LogP contribution < -0.4 is 10.1 Å². The van der Waals surface area contributed by atoms with Gasteiger partial charge in [-0.3, -0.25) is 4.79 Å². The van der Waals surface area contributed by atoms with E-state index in [4.69, 9.17) is 9.15 Å². The van der Waals surface area contributed by atoms with Gasteiger partial charge in [0.2, 0.25) is 0 Å². The van der Waals surface area contributed by atoms with Crippen LogP contribution in [0.4, 0.5) is 18.9 Å². The number of alkyl halides is 3. The second kappa shape index (κ2) is 8.57. The van der Waals surface area contributed by atoms with Gasteiger partial charge in [-0.1, -0.05) is 12.1 Å². The molecule has 0 radical (unpaired) electrons. The first-order valence-corrected chi connectivity index (χ1v) is 8.65. The van der Waals surface area contributed by atoms with E-state index in [1.165, 1.54) is 37.5 Å². The Morgan fingerprint density at radius 2 is 1.87 bits per heavy atom. The highest BCUT2D eigenvalue weighted by Crippen LogP contribution is 2.32. The molecular weight excluding hydrogens is 397 g/mol. The van der Waals surface area contributed by atoms with Crippen molar-refractivity contribution in [3.8, 4) is 23.1 Å². The van der Waals surface area contributed by atoms with Crippen molar-refractivity contribution in [1.82, 2.24) is 0 Å². The van der Waals surface area contributed by atoms with Crippen LogP contribution in [0.3, 0.4) is 0 Å². The lowest BCUT2D eigenvalue weighted by Gasteiger charge is -2.07. The zero-order valence-corrected chi connectivity index (χ0v) is 15.7. The fourth-order valence-corrected chi connectivity index (χ4v) is 2.60. The summed E-state index contributed by atoms with van der Waals surface area (Å²) in [5.74, 6) is 0.297. The fraction of sp³-hybridized carbons (Fsp3) is 0.0909. The zero-order valence-electron chi connectivity index (χ0n) is 15.7. The Balaban J connectivity index is 1.79. The number of carbonyl (C=O) groups is 1. The predicted octanol–water partition coefficient (Wildman–Crippen LogP) is 5.52. The molecule has 1 N–H and O–H groups in total. The number of halogens is 3. The number of nitriles is 1. The molecule has 0 fully saturated rings. The average Bonchev–Trinajstić information content (AvgIpc) is 3.20. The number of benzene rings is 2. The van der Waals surface area contributed by atoms with Crippen LogP contribution in [0.5, 0.6) is 5.75 Å². The lowest BCUT2D eigenvalue weighted by Crippen LogP contribution is -2.13. The van der Waals surface area contributed by atoms with Gasteiger partial charge in [-0.2, -0.15) is 18.4 Å². The first kappa shape index (κ1) is 20.7. The number of hydrogen-bond acceptors (Lipinski definition) is 4. The number of nitrogens with zero attached hydrogens (tertiary/aromatic N) is 1. The smallest absolute Gasteiger partial charge is 0.416 e. The summed E-state index contributed by atoms with van der Waals surface area (Å²) in [5, 5.41) is 11.9. The van der Waals surface area contributed by atoms with Crippen LogP contribution in [0.2, 0.25) is 0 Å². The predicted molar refractivity (Wildman–Crippen MR) is 104 cm³/mol. The molecule has 0 unspecified atom stereocenters. The Hall–Kier alpha value is -3.99. The molecule has 3 rings (SSSR count). The third-order valence-corrected chi connectivity index (χ3v) is 4.10. The number of carbonyl (C=O) groups excluding carboxylic acids is 1. The molecule has 0 aliphatic carbocycles. The van der Waals surface area contributed by atoms with Gasteiger partial charge < -0.3 is 14.5 Å². The maximum atomic E-state index is 12.9. The van der Waals surface area contributed by atoms with Crippen molar-refractivity contribution >= 4 is 17.7 Å². The van der Waals surface area contributed by atoms with E-state index in [9.17, 15) is 23.2 Å². The van der Waals surface area contributed by atoms with Crippen LogP contribution in [0.1, 0.15) is 11.3 Å². The van der Waals surface area contributed by atoms with E-state index in [0.29, 0.717) is 11.4 Å². The second-order valence-corrected chi connectivity index (χ2v) is 6.13. The van der Waals surface area contributed by atoms with Gasteiger partial charge in [0.05, 0.1) is 12.7 Å². The summed E-state index contributed by atoms with van der Waals surface area (Å²) in [6.07, 6.45) is -3.26. The summed E-state index contributed by atoms with van der Waals surface area (Å²) in [6.45, 7) is 0. The standard InChI is InChI=1S/C22H15F3N2O3/c1-29-18-7-5-17(6-8-18)27-21(28)15(13-26)12-19-9-10-20(30-19)14-3-2-4-16(11-14)22(23,24)25/h2-12H,1H3,(H,27,28)/b15-12+. The molecule has 1 amide bonds. The Bertz CT molecular complexity index is 1120. The average molecular weight is 412 g/mol. The monoisotopic (exact) mass is 412 g/mol. The summed E-state index contributed by atoms with van der Waals surface area (Å²) in [7, 11) is 1.51. The van der Waals surface area contributed by atoms with Crippen LogP contribution in [0.25, 0.3) is 17.4 Å². The molecule has 1 aromatic heterocycles. The van der Waals surface area contributed by atoms with E-state index in [2.05, 4.69) is 5.32 Å². The van der Waals surface area contributed by atoms with Gasteiger partial charge in [0.15, 0.2) is 0 Å². The molecule has 2 aromatic carbocycles. The topological polar surface area (TPSA) is 75.3 Å². The molecular formula is C22H15F3N2O3. The highest BCUT2D eigenvalue weighted by atomic mass is 19.4. The summed E-state index contributed by atoms with van der Waals surface area (Å²) in [5.41, 5.74) is -0.336. The van der Waals surface area contributed by atoms with Crippen LogP contribution >= 0.6 is 0 Å². The molecule has 0 saturated heterocycles. The number of hydrogen-bond donors (Lipinski definition) is 1. The molecule has 0 saturated carbocycles. The van der Waals surface area contributed by atoms with Gasteiger partial charge in [-0.25, -0.2) is 0 Å². The van der Waals surface area contributed by atoms with Crippen molar-refractivity contribution < 1.29 is 27.1 Å². The van der Waals surface area contributed by atoms with Gasteiger partial charge in [-0.05, 0) is 48.5 Å². The van der Waals surface area contributed by atoms with Crippen molar-refractivity contribution in [3.63, 3.8) is 0 Å². The van der Waals surface area contributed by atoms with E-state index in [-0.39, 0.29) is 22.7 Å². The van der Waals surface area contributed by atoms with Crippen LogP contribution in [0, 0.1) is 11.3 Å². The van der Waals surface area contributed by atoms with E-state index < -0.39 is 17.6 Å². The maximum absolute atomic E-state index is 12.9.